The SMILES string of the molecule is COc1ccc(/C(C)=N\NC(=O)Cc2nc3sc(C)c(C)c3c(=O)[nH]2)cc1. The smallest absolute Gasteiger partial charge is 0.259 e. The van der Waals surface area contributed by atoms with Gasteiger partial charge in [0.25, 0.3) is 5.56 Å². The summed E-state index contributed by atoms with van der Waals surface area (Å²) in [6.45, 7) is 5.64. The number of aromatic amines is 1. The summed E-state index contributed by atoms with van der Waals surface area (Å²) in [6, 6.07) is 7.37. The van der Waals surface area contributed by atoms with E-state index in [0.29, 0.717) is 21.8 Å². The summed E-state index contributed by atoms with van der Waals surface area (Å²) in [5.74, 6) is 0.721. The van der Waals surface area contributed by atoms with E-state index in [1.54, 1.807) is 14.0 Å². The Morgan fingerprint density at radius 1 is 1.30 bits per heavy atom. The molecular formula is C19H20N4O3S. The highest BCUT2D eigenvalue weighted by Crippen LogP contribution is 2.25. The number of ether oxygens (including phenoxy) is 1. The van der Waals surface area contributed by atoms with Crippen LogP contribution in [0.1, 0.15) is 28.8 Å². The summed E-state index contributed by atoms with van der Waals surface area (Å²) >= 11 is 1.45. The molecule has 1 amide bonds. The highest BCUT2D eigenvalue weighted by atomic mass is 32.1. The molecule has 0 saturated heterocycles. The van der Waals surface area contributed by atoms with Crippen molar-refractivity contribution in [3.63, 3.8) is 0 Å². The minimum atomic E-state index is -0.352. The molecule has 0 radical (unpaired) electrons. The molecule has 0 unspecified atom stereocenters. The van der Waals surface area contributed by atoms with Crippen molar-refractivity contribution in [2.24, 2.45) is 5.10 Å². The number of nitrogens with one attached hydrogen (secondary N) is 2. The van der Waals surface area contributed by atoms with Gasteiger partial charge in [-0.05, 0) is 56.2 Å². The first-order chi connectivity index (χ1) is 12.9. The van der Waals surface area contributed by atoms with Gasteiger partial charge in [-0.15, -0.1) is 11.3 Å². The van der Waals surface area contributed by atoms with E-state index in [9.17, 15) is 9.59 Å². The molecule has 0 atom stereocenters. The first-order valence-corrected chi connectivity index (χ1v) is 9.17. The number of carbonyl (C=O) groups excluding carboxylic acids is 1. The van der Waals surface area contributed by atoms with Crippen LogP contribution < -0.4 is 15.7 Å². The molecule has 3 aromatic rings. The second kappa shape index (κ2) is 7.71. The number of amides is 1. The van der Waals surface area contributed by atoms with Crippen LogP contribution in [0.25, 0.3) is 10.2 Å². The Labute approximate surface area is 160 Å². The van der Waals surface area contributed by atoms with E-state index in [1.807, 2.05) is 38.1 Å². The molecule has 2 heterocycles. The lowest BCUT2D eigenvalue weighted by atomic mass is 10.1. The maximum atomic E-state index is 12.3. The van der Waals surface area contributed by atoms with Crippen molar-refractivity contribution in [2.45, 2.75) is 27.2 Å². The average molecular weight is 384 g/mol. The number of hydrogen-bond acceptors (Lipinski definition) is 6. The van der Waals surface area contributed by atoms with E-state index in [-0.39, 0.29) is 17.9 Å². The maximum Gasteiger partial charge on any atom is 0.259 e. The lowest BCUT2D eigenvalue weighted by Crippen LogP contribution is -2.24. The van der Waals surface area contributed by atoms with E-state index in [4.69, 9.17) is 4.74 Å². The van der Waals surface area contributed by atoms with Gasteiger partial charge in [0.1, 0.15) is 16.4 Å². The third-order valence-electron chi connectivity index (χ3n) is 4.27. The Bertz CT molecular complexity index is 1080. The van der Waals surface area contributed by atoms with Gasteiger partial charge in [-0.3, -0.25) is 9.59 Å². The van der Waals surface area contributed by atoms with Crippen molar-refractivity contribution in [1.82, 2.24) is 15.4 Å². The summed E-state index contributed by atoms with van der Waals surface area (Å²) < 4.78 is 5.12. The number of thiophene rings is 1. The Morgan fingerprint density at radius 3 is 2.67 bits per heavy atom. The molecule has 8 heteroatoms. The molecule has 1 aromatic carbocycles. The third-order valence-corrected chi connectivity index (χ3v) is 5.37. The first-order valence-electron chi connectivity index (χ1n) is 8.35. The number of hydrazone groups is 1. The van der Waals surface area contributed by atoms with E-state index in [1.165, 1.54) is 11.3 Å². The fraction of sp³-hybridized carbons (Fsp3) is 0.263. The van der Waals surface area contributed by atoms with Crippen LogP contribution in [0, 0.1) is 13.8 Å². The predicted octanol–water partition coefficient (Wildman–Crippen LogP) is 2.69. The molecule has 7 nitrogen and oxygen atoms in total. The maximum absolute atomic E-state index is 12.3. The number of hydrogen-bond donors (Lipinski definition) is 2. The number of aryl methyl sites for hydroxylation is 2. The van der Waals surface area contributed by atoms with Gasteiger partial charge in [0, 0.05) is 4.88 Å². The van der Waals surface area contributed by atoms with E-state index >= 15 is 0 Å². The van der Waals surface area contributed by atoms with Crippen molar-refractivity contribution < 1.29 is 9.53 Å². The summed E-state index contributed by atoms with van der Waals surface area (Å²) in [6.07, 6.45) is -0.0550. The number of fused-ring (bicyclic) bond motifs is 1. The second-order valence-corrected chi connectivity index (χ2v) is 7.32. The number of rotatable bonds is 5. The molecule has 0 aliphatic heterocycles. The Kier molecular flexibility index (Phi) is 5.36. The third kappa shape index (κ3) is 4.06. The second-order valence-electron chi connectivity index (χ2n) is 6.11. The molecule has 140 valence electrons. The largest absolute Gasteiger partial charge is 0.497 e. The van der Waals surface area contributed by atoms with Gasteiger partial charge in [-0.2, -0.15) is 5.10 Å². The highest BCUT2D eigenvalue weighted by molar-refractivity contribution is 7.18. The zero-order valence-electron chi connectivity index (χ0n) is 15.5. The van der Waals surface area contributed by atoms with E-state index in [0.717, 1.165) is 21.8 Å². The zero-order valence-corrected chi connectivity index (χ0v) is 16.4. The van der Waals surface area contributed by atoms with Crippen LogP contribution >= 0.6 is 11.3 Å². The predicted molar refractivity (Wildman–Crippen MR) is 107 cm³/mol. The monoisotopic (exact) mass is 384 g/mol. The Balaban J connectivity index is 1.71. The lowest BCUT2D eigenvalue weighted by molar-refractivity contribution is -0.120. The van der Waals surface area contributed by atoms with Gasteiger partial charge in [0.15, 0.2) is 0 Å². The number of aromatic nitrogens is 2. The molecule has 2 N–H and O–H groups in total. The Hall–Kier alpha value is -3.00. The molecule has 2 aromatic heterocycles. The van der Waals surface area contributed by atoms with Crippen molar-refractivity contribution in [3.8, 4) is 5.75 Å². The van der Waals surface area contributed by atoms with Crippen molar-refractivity contribution in [3.05, 3.63) is 56.4 Å². The number of H-pyrrole nitrogens is 1. The van der Waals surface area contributed by atoms with Gasteiger partial charge in [0.2, 0.25) is 5.91 Å². The van der Waals surface area contributed by atoms with E-state index < -0.39 is 0 Å². The molecule has 0 aliphatic rings. The minimum Gasteiger partial charge on any atom is -0.497 e. The van der Waals surface area contributed by atoms with Gasteiger partial charge in [-0.1, -0.05) is 0 Å². The summed E-state index contributed by atoms with van der Waals surface area (Å²) in [5, 5.41) is 4.70. The number of nitrogens with zero attached hydrogens (tertiary/aromatic N) is 2. The molecule has 0 saturated carbocycles. The summed E-state index contributed by atoms with van der Waals surface area (Å²) in [5.41, 5.74) is 4.74. The fourth-order valence-electron chi connectivity index (χ4n) is 2.62. The average Bonchev–Trinajstić information content (AvgIpc) is 2.94. The summed E-state index contributed by atoms with van der Waals surface area (Å²) in [7, 11) is 1.60. The van der Waals surface area contributed by atoms with Crippen molar-refractivity contribution >= 4 is 33.2 Å². The number of benzene rings is 1. The van der Waals surface area contributed by atoms with E-state index in [2.05, 4.69) is 20.5 Å². The van der Waals surface area contributed by atoms with Crippen LogP contribution in [0.4, 0.5) is 0 Å². The topological polar surface area (TPSA) is 96.4 Å². The van der Waals surface area contributed by atoms with Crippen molar-refractivity contribution in [1.29, 1.82) is 0 Å². The van der Waals surface area contributed by atoms with Crippen molar-refractivity contribution in [2.75, 3.05) is 7.11 Å². The van der Waals surface area contributed by atoms with Gasteiger partial charge < -0.3 is 9.72 Å². The molecule has 0 fully saturated rings. The fourth-order valence-corrected chi connectivity index (χ4v) is 3.67. The molecule has 0 aliphatic carbocycles. The molecular weight excluding hydrogens is 364 g/mol. The van der Waals surface area contributed by atoms with Crippen LogP contribution in [-0.2, 0) is 11.2 Å². The number of carbonyl (C=O) groups is 1. The van der Waals surface area contributed by atoms with Gasteiger partial charge in [0.05, 0.1) is 24.6 Å². The highest BCUT2D eigenvalue weighted by Gasteiger charge is 2.13. The Morgan fingerprint density at radius 2 is 2.00 bits per heavy atom. The quantitative estimate of drug-likeness (QED) is 0.522. The zero-order chi connectivity index (χ0) is 19.6. The van der Waals surface area contributed by atoms with Crippen LogP contribution in [0.2, 0.25) is 0 Å². The van der Waals surface area contributed by atoms with Gasteiger partial charge in [-0.25, -0.2) is 10.4 Å². The minimum absolute atomic E-state index is 0.0550. The van der Waals surface area contributed by atoms with Crippen LogP contribution in [0.3, 0.4) is 0 Å². The summed E-state index contributed by atoms with van der Waals surface area (Å²) in [4.78, 5) is 33.2. The van der Waals surface area contributed by atoms with Gasteiger partial charge >= 0.3 is 0 Å². The van der Waals surface area contributed by atoms with Crippen LogP contribution in [-0.4, -0.2) is 28.7 Å². The molecule has 27 heavy (non-hydrogen) atoms. The standard InChI is InChI=1S/C19H20N4O3S/c1-10-12(3)27-19-17(10)18(25)20-15(21-19)9-16(24)23-22-11(2)13-5-7-14(26-4)8-6-13/h5-8H,9H2,1-4H3,(H,23,24)(H,20,21,25)/b22-11-. The lowest BCUT2D eigenvalue weighted by Gasteiger charge is -2.04. The molecule has 0 bridgehead atoms. The number of methoxy groups -OCH3 is 1. The molecule has 0 spiro atoms. The first kappa shape index (κ1) is 18.8. The molecule has 3 rings (SSSR count). The van der Waals surface area contributed by atoms with Crippen LogP contribution in [0.5, 0.6) is 5.75 Å². The van der Waals surface area contributed by atoms with Crippen LogP contribution in [0.15, 0.2) is 34.2 Å². The normalized spacial score (nSPS) is 11.6.